The molecule has 3 aliphatic rings. The normalized spacial score (nSPS) is 22.4. The third kappa shape index (κ3) is 3.11. The molecule has 4 heterocycles. The summed E-state index contributed by atoms with van der Waals surface area (Å²) in [5.74, 6) is -0.417. The molecule has 30 heavy (non-hydrogen) atoms. The first-order valence-electron chi connectivity index (χ1n) is 10.4. The van der Waals surface area contributed by atoms with Gasteiger partial charge in [0.2, 0.25) is 11.8 Å². The lowest BCUT2D eigenvalue weighted by atomic mass is 9.90. The smallest absolute Gasteiger partial charge is 0.255 e. The van der Waals surface area contributed by atoms with E-state index < -0.39 is 6.04 Å². The van der Waals surface area contributed by atoms with Crippen molar-refractivity contribution in [3.05, 3.63) is 41.2 Å². The van der Waals surface area contributed by atoms with E-state index in [0.717, 1.165) is 42.7 Å². The van der Waals surface area contributed by atoms with Crippen molar-refractivity contribution in [1.29, 1.82) is 0 Å². The summed E-state index contributed by atoms with van der Waals surface area (Å²) < 4.78 is 7.46. The van der Waals surface area contributed by atoms with Crippen molar-refractivity contribution in [2.75, 3.05) is 13.2 Å². The van der Waals surface area contributed by atoms with Gasteiger partial charge in [-0.25, -0.2) is 0 Å². The van der Waals surface area contributed by atoms with Gasteiger partial charge in [0, 0.05) is 56.0 Å². The second-order valence-electron chi connectivity index (χ2n) is 8.23. The molecule has 0 radical (unpaired) electrons. The van der Waals surface area contributed by atoms with E-state index in [-0.39, 0.29) is 24.1 Å². The summed E-state index contributed by atoms with van der Waals surface area (Å²) in [6.07, 6.45) is 4.46. The average Bonchev–Trinajstić information content (AvgIpc) is 3.28. The van der Waals surface area contributed by atoms with Crippen molar-refractivity contribution in [3.63, 3.8) is 0 Å². The third-order valence-electron chi connectivity index (χ3n) is 6.43. The molecule has 156 valence electrons. The number of benzene rings is 1. The number of imide groups is 1. The lowest BCUT2D eigenvalue weighted by Crippen LogP contribution is -2.52. The van der Waals surface area contributed by atoms with Crippen LogP contribution in [0.3, 0.4) is 0 Å². The van der Waals surface area contributed by atoms with Gasteiger partial charge in [-0.05, 0) is 42.5 Å². The molecule has 1 N–H and O–H groups in total. The van der Waals surface area contributed by atoms with Gasteiger partial charge in [-0.1, -0.05) is 6.07 Å². The topological polar surface area (TPSA) is 93.5 Å². The number of carbonyl (C=O) groups is 3. The Morgan fingerprint density at radius 2 is 1.90 bits per heavy atom. The van der Waals surface area contributed by atoms with Gasteiger partial charge in [-0.15, -0.1) is 0 Å². The van der Waals surface area contributed by atoms with E-state index >= 15 is 0 Å². The summed E-state index contributed by atoms with van der Waals surface area (Å²) in [7, 11) is 1.97. The number of rotatable bonds is 3. The number of fused-ring (bicyclic) bond motifs is 1. The Morgan fingerprint density at radius 3 is 2.67 bits per heavy atom. The zero-order valence-electron chi connectivity index (χ0n) is 16.9. The Morgan fingerprint density at radius 1 is 1.10 bits per heavy atom. The highest BCUT2D eigenvalue weighted by Gasteiger charge is 2.39. The van der Waals surface area contributed by atoms with Crippen molar-refractivity contribution in [3.8, 4) is 11.1 Å². The molecule has 0 spiro atoms. The largest absolute Gasteiger partial charge is 0.381 e. The van der Waals surface area contributed by atoms with Crippen molar-refractivity contribution in [1.82, 2.24) is 20.0 Å². The molecule has 3 amide bonds. The number of piperidine rings is 1. The van der Waals surface area contributed by atoms with Crippen LogP contribution < -0.4 is 5.32 Å². The standard InChI is InChI=1S/C22H24N4O4/c1-25-20(13-6-8-30-9-7-13)17(11-23-25)14-2-3-16-15(10-14)12-26(22(16)29)18-4-5-19(27)24-21(18)28/h2-3,10-11,13,18H,4-9,12H2,1H3,(H,24,27,28). The van der Waals surface area contributed by atoms with Crippen LogP contribution >= 0.6 is 0 Å². The van der Waals surface area contributed by atoms with Crippen molar-refractivity contribution in [2.45, 2.75) is 44.2 Å². The maximum atomic E-state index is 12.9. The van der Waals surface area contributed by atoms with E-state index in [1.54, 1.807) is 4.90 Å². The van der Waals surface area contributed by atoms with E-state index in [1.165, 1.54) is 5.69 Å². The Bertz CT molecular complexity index is 1040. The van der Waals surface area contributed by atoms with Crippen LogP contribution in [0.5, 0.6) is 0 Å². The van der Waals surface area contributed by atoms with Gasteiger partial charge in [-0.2, -0.15) is 5.10 Å². The van der Waals surface area contributed by atoms with Gasteiger partial charge in [0.1, 0.15) is 6.04 Å². The van der Waals surface area contributed by atoms with Crippen LogP contribution in [-0.4, -0.2) is 51.7 Å². The van der Waals surface area contributed by atoms with Gasteiger partial charge < -0.3 is 9.64 Å². The highest BCUT2D eigenvalue weighted by molar-refractivity contribution is 6.05. The van der Waals surface area contributed by atoms with Crippen molar-refractivity contribution < 1.29 is 19.1 Å². The van der Waals surface area contributed by atoms with Crippen molar-refractivity contribution in [2.24, 2.45) is 7.05 Å². The second kappa shape index (κ2) is 7.36. The number of amides is 3. The second-order valence-corrected chi connectivity index (χ2v) is 8.23. The van der Waals surface area contributed by atoms with E-state index in [1.807, 2.05) is 36.1 Å². The minimum atomic E-state index is -0.595. The van der Waals surface area contributed by atoms with Crippen LogP contribution in [0.25, 0.3) is 11.1 Å². The number of carbonyl (C=O) groups excluding carboxylic acids is 3. The van der Waals surface area contributed by atoms with E-state index in [9.17, 15) is 14.4 Å². The zero-order valence-corrected chi connectivity index (χ0v) is 16.9. The van der Waals surface area contributed by atoms with Gasteiger partial charge in [0.15, 0.2) is 0 Å². The molecule has 0 saturated carbocycles. The summed E-state index contributed by atoms with van der Waals surface area (Å²) >= 11 is 0. The fourth-order valence-electron chi connectivity index (χ4n) is 4.87. The van der Waals surface area contributed by atoms with Crippen LogP contribution in [0.4, 0.5) is 0 Å². The predicted octanol–water partition coefficient (Wildman–Crippen LogP) is 1.74. The maximum Gasteiger partial charge on any atom is 0.255 e. The minimum Gasteiger partial charge on any atom is -0.381 e. The van der Waals surface area contributed by atoms with Gasteiger partial charge in [0.05, 0.1) is 6.20 Å². The first-order chi connectivity index (χ1) is 14.5. The summed E-state index contributed by atoms with van der Waals surface area (Å²) in [5, 5.41) is 6.84. The number of nitrogens with zero attached hydrogens (tertiary/aromatic N) is 3. The molecule has 0 bridgehead atoms. The van der Waals surface area contributed by atoms with Crippen LogP contribution in [-0.2, 0) is 27.9 Å². The summed E-state index contributed by atoms with van der Waals surface area (Å²) in [6.45, 7) is 1.89. The lowest BCUT2D eigenvalue weighted by Gasteiger charge is -2.29. The molecule has 2 fully saturated rings. The molecule has 0 aliphatic carbocycles. The number of hydrogen-bond acceptors (Lipinski definition) is 5. The molecule has 3 aliphatic heterocycles. The van der Waals surface area contributed by atoms with E-state index in [0.29, 0.717) is 24.4 Å². The molecule has 2 saturated heterocycles. The highest BCUT2D eigenvalue weighted by Crippen LogP contribution is 2.37. The molecule has 5 rings (SSSR count). The number of nitrogens with one attached hydrogen (secondary N) is 1. The van der Waals surface area contributed by atoms with Crippen LogP contribution in [0.1, 0.15) is 53.2 Å². The molecule has 1 atom stereocenters. The zero-order chi connectivity index (χ0) is 20.8. The molecule has 1 aromatic heterocycles. The molecular formula is C22H24N4O4. The average molecular weight is 408 g/mol. The summed E-state index contributed by atoms with van der Waals surface area (Å²) in [6, 6.07) is 5.26. The molecule has 1 aromatic carbocycles. The Kier molecular flexibility index (Phi) is 4.66. The van der Waals surface area contributed by atoms with Gasteiger partial charge in [0.25, 0.3) is 5.91 Å². The fourth-order valence-corrected chi connectivity index (χ4v) is 4.87. The number of aryl methyl sites for hydroxylation is 1. The van der Waals surface area contributed by atoms with E-state index in [4.69, 9.17) is 4.74 Å². The predicted molar refractivity (Wildman–Crippen MR) is 107 cm³/mol. The number of ether oxygens (including phenoxy) is 1. The minimum absolute atomic E-state index is 0.151. The summed E-state index contributed by atoms with van der Waals surface area (Å²) in [4.78, 5) is 38.2. The Balaban J connectivity index is 1.44. The van der Waals surface area contributed by atoms with E-state index in [2.05, 4.69) is 10.4 Å². The Labute approximate surface area is 174 Å². The maximum absolute atomic E-state index is 12.9. The van der Waals surface area contributed by atoms with Crippen LogP contribution in [0.15, 0.2) is 24.4 Å². The van der Waals surface area contributed by atoms with Gasteiger partial charge >= 0.3 is 0 Å². The fraction of sp³-hybridized carbons (Fsp3) is 0.455. The molecular weight excluding hydrogens is 384 g/mol. The summed E-state index contributed by atoms with van der Waals surface area (Å²) in [5.41, 5.74) is 4.84. The number of aromatic nitrogens is 2. The first-order valence-corrected chi connectivity index (χ1v) is 10.4. The molecule has 8 heteroatoms. The first kappa shape index (κ1) is 19.0. The quantitative estimate of drug-likeness (QED) is 0.781. The lowest BCUT2D eigenvalue weighted by molar-refractivity contribution is -0.136. The molecule has 1 unspecified atom stereocenters. The van der Waals surface area contributed by atoms with Crippen molar-refractivity contribution >= 4 is 17.7 Å². The molecule has 8 nitrogen and oxygen atoms in total. The molecule has 2 aromatic rings. The SMILES string of the molecule is Cn1ncc(-c2ccc3c(c2)CN(C2CCC(=O)NC2=O)C3=O)c1C1CCOCC1. The monoisotopic (exact) mass is 408 g/mol. The highest BCUT2D eigenvalue weighted by atomic mass is 16.5. The van der Waals surface area contributed by atoms with Crippen LogP contribution in [0, 0.1) is 0 Å². The van der Waals surface area contributed by atoms with Gasteiger partial charge in [-0.3, -0.25) is 24.4 Å². The third-order valence-corrected chi connectivity index (χ3v) is 6.43. The number of hydrogen-bond donors (Lipinski definition) is 1. The Hall–Kier alpha value is -3.00. The van der Waals surface area contributed by atoms with Crippen LogP contribution in [0.2, 0.25) is 0 Å².